The molecule has 1 aromatic carbocycles. The standard InChI is InChI=1S/C12H16N4O4/c1-8-7-20-5-4-15(8)10-3-2-9(12(13)14-17)6-11(10)16(18)19/h2-3,6,8,17H,4-5,7H2,1H3,(H2,13,14). The summed E-state index contributed by atoms with van der Waals surface area (Å²) in [4.78, 5) is 12.7. The number of morpholine rings is 1. The first-order chi connectivity index (χ1) is 9.54. The molecule has 2 rings (SSSR count). The molecule has 3 N–H and O–H groups in total. The Kier molecular flexibility index (Phi) is 4.04. The van der Waals surface area contributed by atoms with Crippen LogP contribution in [0.4, 0.5) is 11.4 Å². The van der Waals surface area contributed by atoms with Crippen molar-refractivity contribution in [1.29, 1.82) is 0 Å². The number of nitrogens with zero attached hydrogens (tertiary/aromatic N) is 3. The van der Waals surface area contributed by atoms with Gasteiger partial charge in [-0.3, -0.25) is 10.1 Å². The Morgan fingerprint density at radius 2 is 2.40 bits per heavy atom. The van der Waals surface area contributed by atoms with Gasteiger partial charge in [-0.15, -0.1) is 0 Å². The number of rotatable bonds is 3. The number of amidine groups is 1. The molecular formula is C12H16N4O4. The summed E-state index contributed by atoms with van der Waals surface area (Å²) in [5.41, 5.74) is 6.22. The molecule has 1 saturated heterocycles. The fourth-order valence-electron chi connectivity index (χ4n) is 2.21. The number of nitro groups is 1. The quantitative estimate of drug-likeness (QED) is 0.280. The maximum atomic E-state index is 11.2. The lowest BCUT2D eigenvalue weighted by Crippen LogP contribution is -2.44. The van der Waals surface area contributed by atoms with Crippen molar-refractivity contribution < 1.29 is 14.9 Å². The van der Waals surface area contributed by atoms with Gasteiger partial charge in [0.15, 0.2) is 5.84 Å². The summed E-state index contributed by atoms with van der Waals surface area (Å²) in [6.45, 7) is 3.59. The van der Waals surface area contributed by atoms with Gasteiger partial charge in [0.2, 0.25) is 0 Å². The summed E-state index contributed by atoms with van der Waals surface area (Å²) >= 11 is 0. The second-order valence-electron chi connectivity index (χ2n) is 4.56. The van der Waals surface area contributed by atoms with Gasteiger partial charge in [-0.25, -0.2) is 0 Å². The highest BCUT2D eigenvalue weighted by atomic mass is 16.6. The molecule has 0 saturated carbocycles. The zero-order valence-corrected chi connectivity index (χ0v) is 11.0. The van der Waals surface area contributed by atoms with E-state index in [1.807, 2.05) is 11.8 Å². The van der Waals surface area contributed by atoms with Gasteiger partial charge in [0.1, 0.15) is 5.69 Å². The third-order valence-electron chi connectivity index (χ3n) is 3.25. The Labute approximate surface area is 115 Å². The third-order valence-corrected chi connectivity index (χ3v) is 3.25. The second kappa shape index (κ2) is 5.74. The van der Waals surface area contributed by atoms with Crippen LogP contribution in [0.2, 0.25) is 0 Å². The van der Waals surface area contributed by atoms with Gasteiger partial charge in [-0.05, 0) is 19.1 Å². The fraction of sp³-hybridized carbons (Fsp3) is 0.417. The van der Waals surface area contributed by atoms with Crippen LogP contribution in [-0.2, 0) is 4.74 Å². The first kappa shape index (κ1) is 14.1. The number of nitro benzene ring substituents is 1. The topological polar surface area (TPSA) is 114 Å². The molecule has 0 radical (unpaired) electrons. The minimum Gasteiger partial charge on any atom is -0.409 e. The maximum absolute atomic E-state index is 11.2. The van der Waals surface area contributed by atoms with E-state index in [1.54, 1.807) is 12.1 Å². The van der Waals surface area contributed by atoms with Crippen molar-refractivity contribution in [2.75, 3.05) is 24.7 Å². The van der Waals surface area contributed by atoms with Crippen LogP contribution < -0.4 is 10.6 Å². The Bertz CT molecular complexity index is 546. The predicted octanol–water partition coefficient (Wildman–Crippen LogP) is 0.914. The van der Waals surface area contributed by atoms with Gasteiger partial charge < -0.3 is 20.6 Å². The molecule has 1 fully saturated rings. The van der Waals surface area contributed by atoms with E-state index in [4.69, 9.17) is 15.7 Å². The zero-order valence-electron chi connectivity index (χ0n) is 11.0. The molecule has 108 valence electrons. The molecular weight excluding hydrogens is 264 g/mol. The van der Waals surface area contributed by atoms with Gasteiger partial charge in [0.25, 0.3) is 5.69 Å². The minimum atomic E-state index is -0.467. The SMILES string of the molecule is CC1COCCN1c1ccc(C(N)=NO)cc1[N+](=O)[O-]. The largest absolute Gasteiger partial charge is 0.409 e. The Morgan fingerprint density at radius 3 is 3.00 bits per heavy atom. The number of oxime groups is 1. The molecule has 8 heteroatoms. The molecule has 1 aromatic rings. The molecule has 0 bridgehead atoms. The maximum Gasteiger partial charge on any atom is 0.293 e. The lowest BCUT2D eigenvalue weighted by Gasteiger charge is -2.34. The van der Waals surface area contributed by atoms with Crippen molar-refractivity contribution in [3.05, 3.63) is 33.9 Å². The van der Waals surface area contributed by atoms with Crippen molar-refractivity contribution >= 4 is 17.2 Å². The zero-order chi connectivity index (χ0) is 14.7. The van der Waals surface area contributed by atoms with E-state index in [0.29, 0.717) is 31.0 Å². The fourth-order valence-corrected chi connectivity index (χ4v) is 2.21. The Morgan fingerprint density at radius 1 is 1.65 bits per heavy atom. The molecule has 0 aromatic heterocycles. The highest BCUT2D eigenvalue weighted by Gasteiger charge is 2.26. The number of hydrogen-bond donors (Lipinski definition) is 2. The van der Waals surface area contributed by atoms with E-state index >= 15 is 0 Å². The van der Waals surface area contributed by atoms with E-state index in [-0.39, 0.29) is 17.6 Å². The molecule has 1 atom stereocenters. The molecule has 0 spiro atoms. The van der Waals surface area contributed by atoms with Crippen LogP contribution in [0.15, 0.2) is 23.4 Å². The smallest absolute Gasteiger partial charge is 0.293 e. The molecule has 1 aliphatic heterocycles. The molecule has 0 amide bonds. The van der Waals surface area contributed by atoms with E-state index in [2.05, 4.69) is 5.16 Å². The van der Waals surface area contributed by atoms with Crippen LogP contribution in [0.5, 0.6) is 0 Å². The average molecular weight is 280 g/mol. The van der Waals surface area contributed by atoms with Crippen molar-refractivity contribution in [1.82, 2.24) is 0 Å². The lowest BCUT2D eigenvalue weighted by atomic mass is 10.1. The van der Waals surface area contributed by atoms with Crippen LogP contribution in [0.25, 0.3) is 0 Å². The summed E-state index contributed by atoms with van der Waals surface area (Å²) < 4.78 is 5.33. The van der Waals surface area contributed by atoms with Gasteiger partial charge in [-0.2, -0.15) is 0 Å². The summed E-state index contributed by atoms with van der Waals surface area (Å²) in [5, 5.41) is 22.7. The highest BCUT2D eigenvalue weighted by molar-refractivity contribution is 5.98. The lowest BCUT2D eigenvalue weighted by molar-refractivity contribution is -0.384. The normalized spacial score (nSPS) is 19.9. The van der Waals surface area contributed by atoms with Gasteiger partial charge >= 0.3 is 0 Å². The van der Waals surface area contributed by atoms with Crippen molar-refractivity contribution in [3.63, 3.8) is 0 Å². The predicted molar refractivity (Wildman–Crippen MR) is 73.2 cm³/mol. The Balaban J connectivity index is 2.44. The molecule has 0 aliphatic carbocycles. The number of anilines is 1. The molecule has 1 aliphatic rings. The molecule has 1 unspecified atom stereocenters. The first-order valence-corrected chi connectivity index (χ1v) is 6.15. The van der Waals surface area contributed by atoms with E-state index in [0.717, 1.165) is 0 Å². The number of benzene rings is 1. The van der Waals surface area contributed by atoms with Gasteiger partial charge in [-0.1, -0.05) is 5.16 Å². The van der Waals surface area contributed by atoms with Crippen LogP contribution in [0, 0.1) is 10.1 Å². The molecule has 8 nitrogen and oxygen atoms in total. The van der Waals surface area contributed by atoms with Crippen LogP contribution in [0.1, 0.15) is 12.5 Å². The van der Waals surface area contributed by atoms with Crippen molar-refractivity contribution in [2.24, 2.45) is 10.9 Å². The number of ether oxygens (including phenoxy) is 1. The van der Waals surface area contributed by atoms with Crippen LogP contribution in [0.3, 0.4) is 0 Å². The van der Waals surface area contributed by atoms with E-state index in [1.165, 1.54) is 6.07 Å². The Hall–Kier alpha value is -2.35. The summed E-state index contributed by atoms with van der Waals surface area (Å²) in [5.74, 6) is -0.158. The van der Waals surface area contributed by atoms with Crippen molar-refractivity contribution in [3.8, 4) is 0 Å². The minimum absolute atomic E-state index is 0.0529. The van der Waals surface area contributed by atoms with Crippen molar-refractivity contribution in [2.45, 2.75) is 13.0 Å². The van der Waals surface area contributed by atoms with Gasteiger partial charge in [0, 0.05) is 24.2 Å². The highest BCUT2D eigenvalue weighted by Crippen LogP contribution is 2.31. The summed E-state index contributed by atoms with van der Waals surface area (Å²) in [7, 11) is 0. The number of hydrogen-bond acceptors (Lipinski definition) is 6. The monoisotopic (exact) mass is 280 g/mol. The van der Waals surface area contributed by atoms with E-state index < -0.39 is 4.92 Å². The molecule has 1 heterocycles. The van der Waals surface area contributed by atoms with E-state index in [9.17, 15) is 10.1 Å². The third kappa shape index (κ3) is 2.64. The first-order valence-electron chi connectivity index (χ1n) is 6.15. The van der Waals surface area contributed by atoms with Crippen LogP contribution >= 0.6 is 0 Å². The van der Waals surface area contributed by atoms with Gasteiger partial charge in [0.05, 0.1) is 18.1 Å². The number of nitrogens with two attached hydrogens (primary N) is 1. The van der Waals surface area contributed by atoms with Crippen LogP contribution in [-0.4, -0.2) is 41.8 Å². The molecule has 20 heavy (non-hydrogen) atoms. The summed E-state index contributed by atoms with van der Waals surface area (Å²) in [6.07, 6.45) is 0. The average Bonchev–Trinajstić information content (AvgIpc) is 2.46. The summed E-state index contributed by atoms with van der Waals surface area (Å²) in [6, 6.07) is 4.58. The second-order valence-corrected chi connectivity index (χ2v) is 4.56.